The first kappa shape index (κ1) is 38.9. The van der Waals surface area contributed by atoms with Crippen LogP contribution < -0.4 is 0 Å². The number of hydrogen-bond acceptors (Lipinski definition) is 7. The quantitative estimate of drug-likeness (QED) is 0.172. The van der Waals surface area contributed by atoms with Crippen molar-refractivity contribution in [2.75, 3.05) is 0 Å². The number of hydrogen-bond donors (Lipinski definition) is 0. The lowest BCUT2D eigenvalue weighted by Crippen LogP contribution is -2.04. The van der Waals surface area contributed by atoms with Crippen molar-refractivity contribution in [2.24, 2.45) is 0 Å². The van der Waals surface area contributed by atoms with Crippen LogP contribution in [0.5, 0.6) is 0 Å². The van der Waals surface area contributed by atoms with Gasteiger partial charge in [0.25, 0.3) is 0 Å². The molecule has 0 aliphatic heterocycles. The van der Waals surface area contributed by atoms with Gasteiger partial charge in [0, 0.05) is 102 Å². The fraction of sp³-hybridized carbons (Fsp3) is 0. The Hall–Kier alpha value is -9.02. The number of rotatable bonds is 5. The molecule has 0 aliphatic carbocycles. The summed E-state index contributed by atoms with van der Waals surface area (Å²) in [7, 11) is 0. The molecule has 0 atom stereocenters. The Morgan fingerprint density at radius 2 is 0.887 bits per heavy atom. The highest BCUT2D eigenvalue weighted by Crippen LogP contribution is 2.43. The molecule has 0 saturated carbocycles. The van der Waals surface area contributed by atoms with E-state index in [9.17, 15) is 0 Å². The van der Waals surface area contributed by atoms with Gasteiger partial charge in [-0.25, -0.2) is 15.0 Å². The molecule has 9 heteroatoms. The minimum absolute atomic E-state index is 0.605. The van der Waals surface area contributed by atoms with Gasteiger partial charge in [0.05, 0.1) is 39.1 Å². The van der Waals surface area contributed by atoms with Gasteiger partial charge in [0.15, 0.2) is 0 Å². The lowest BCUT2D eigenvalue weighted by atomic mass is 10.0. The molecular formula is C62H34N6OS2. The van der Waals surface area contributed by atoms with Crippen LogP contribution in [0.25, 0.3) is 151 Å². The van der Waals surface area contributed by atoms with E-state index in [1.165, 1.54) is 40.3 Å². The van der Waals surface area contributed by atoms with Gasteiger partial charge in [0.1, 0.15) is 17.0 Å². The minimum Gasteiger partial charge on any atom is -0.456 e. The summed E-state index contributed by atoms with van der Waals surface area (Å²) in [5, 5.41) is 11.5. The number of thiophene rings is 2. The maximum absolute atomic E-state index is 6.16. The van der Waals surface area contributed by atoms with Crippen molar-refractivity contribution in [1.29, 1.82) is 0 Å². The first-order valence-corrected chi connectivity index (χ1v) is 25.2. The van der Waals surface area contributed by atoms with E-state index in [1.807, 2.05) is 41.0 Å². The molecule has 0 aliphatic rings. The first-order valence-electron chi connectivity index (χ1n) is 23.6. The molecule has 8 aromatic carbocycles. The monoisotopic (exact) mass is 942 g/mol. The van der Waals surface area contributed by atoms with Crippen LogP contribution >= 0.6 is 22.7 Å². The third-order valence-corrected chi connectivity index (χ3v) is 16.6. The molecule has 0 amide bonds. The van der Waals surface area contributed by atoms with Crippen molar-refractivity contribution >= 4 is 129 Å². The molecule has 8 heterocycles. The second-order valence-electron chi connectivity index (χ2n) is 18.2. The Labute approximate surface area is 411 Å². The number of fused-ring (bicyclic) bond motifs is 15. The second kappa shape index (κ2) is 14.7. The Kier molecular flexibility index (Phi) is 8.08. The minimum atomic E-state index is 0.605. The zero-order chi connectivity index (χ0) is 46.3. The molecule has 0 saturated heterocycles. The molecule has 0 N–H and O–H groups in total. The number of aromatic nitrogens is 6. The smallest absolute Gasteiger partial charge is 0.235 e. The molecule has 16 rings (SSSR count). The number of para-hydroxylation sites is 2. The van der Waals surface area contributed by atoms with Crippen LogP contribution in [-0.2, 0) is 0 Å². The van der Waals surface area contributed by atoms with Crippen molar-refractivity contribution in [1.82, 2.24) is 29.1 Å². The van der Waals surface area contributed by atoms with E-state index in [2.05, 4.69) is 196 Å². The third-order valence-electron chi connectivity index (χ3n) is 14.3. The first-order chi connectivity index (χ1) is 35.1. The summed E-state index contributed by atoms with van der Waals surface area (Å²) < 4.78 is 15.8. The molecule has 0 unspecified atom stereocenters. The Morgan fingerprint density at radius 3 is 1.58 bits per heavy atom. The van der Waals surface area contributed by atoms with E-state index in [4.69, 9.17) is 19.4 Å². The van der Waals surface area contributed by atoms with Crippen molar-refractivity contribution < 1.29 is 4.42 Å². The van der Waals surface area contributed by atoms with Gasteiger partial charge in [0.2, 0.25) is 5.95 Å². The van der Waals surface area contributed by atoms with E-state index < -0.39 is 0 Å². The van der Waals surface area contributed by atoms with Gasteiger partial charge in [-0.1, -0.05) is 91.0 Å². The maximum atomic E-state index is 6.16. The number of benzene rings is 8. The largest absolute Gasteiger partial charge is 0.456 e. The Morgan fingerprint density at radius 1 is 0.338 bits per heavy atom. The van der Waals surface area contributed by atoms with Gasteiger partial charge in [-0.05, 0) is 103 Å². The standard InChI is InChI=1S/C62H34N6OS2/c1-5-15-51-38(10-1)42-31-43-39-11-2-6-16-52(39)68(54(43)33-53(42)67(51)61-19-9-14-48(64-61)35-20-23-55-44(28-35)47-34-63-27-26-56(47)69-55)62-65-49(36-21-24-59-45(29-36)40-12-3-7-17-57(40)70-59)32-50(66-62)37-22-25-60-46(30-37)41-13-4-8-18-58(41)71-60/h1-34H. The summed E-state index contributed by atoms with van der Waals surface area (Å²) in [6, 6.07) is 69.4. The van der Waals surface area contributed by atoms with Crippen LogP contribution in [0.3, 0.4) is 0 Å². The van der Waals surface area contributed by atoms with Gasteiger partial charge >= 0.3 is 0 Å². The molecule has 16 aromatic rings. The van der Waals surface area contributed by atoms with Crippen molar-refractivity contribution in [3.63, 3.8) is 0 Å². The Bertz CT molecular complexity index is 4780. The van der Waals surface area contributed by atoms with Gasteiger partial charge in [-0.3, -0.25) is 14.1 Å². The highest BCUT2D eigenvalue weighted by molar-refractivity contribution is 7.26. The predicted molar refractivity (Wildman–Crippen MR) is 296 cm³/mol. The van der Waals surface area contributed by atoms with Gasteiger partial charge in [-0.2, -0.15) is 0 Å². The van der Waals surface area contributed by atoms with Crippen LogP contribution in [-0.4, -0.2) is 29.1 Å². The highest BCUT2D eigenvalue weighted by atomic mass is 32.1. The maximum Gasteiger partial charge on any atom is 0.235 e. The molecular weight excluding hydrogens is 909 g/mol. The fourth-order valence-corrected chi connectivity index (χ4v) is 13.2. The topological polar surface area (TPSA) is 74.6 Å². The summed E-state index contributed by atoms with van der Waals surface area (Å²) in [5.41, 5.74) is 11.5. The molecule has 71 heavy (non-hydrogen) atoms. The normalized spacial score (nSPS) is 12.2. The molecule has 330 valence electrons. The molecule has 0 radical (unpaired) electrons. The molecule has 0 bridgehead atoms. The average Bonchev–Trinajstić information content (AvgIpc) is 4.24. The fourth-order valence-electron chi connectivity index (χ4n) is 11.0. The number of pyridine rings is 2. The van der Waals surface area contributed by atoms with Crippen LogP contribution in [0, 0.1) is 0 Å². The van der Waals surface area contributed by atoms with Crippen LogP contribution in [0.2, 0.25) is 0 Å². The van der Waals surface area contributed by atoms with E-state index in [-0.39, 0.29) is 0 Å². The van der Waals surface area contributed by atoms with Crippen molar-refractivity contribution in [2.45, 2.75) is 0 Å². The average molecular weight is 943 g/mol. The molecule has 0 spiro atoms. The van der Waals surface area contributed by atoms with Crippen LogP contribution in [0.1, 0.15) is 0 Å². The number of furan rings is 1. The lowest BCUT2D eigenvalue weighted by molar-refractivity contribution is 0.668. The lowest BCUT2D eigenvalue weighted by Gasteiger charge is -2.13. The zero-order valence-corrected chi connectivity index (χ0v) is 39.2. The van der Waals surface area contributed by atoms with Gasteiger partial charge in [-0.15, -0.1) is 22.7 Å². The zero-order valence-electron chi connectivity index (χ0n) is 37.5. The van der Waals surface area contributed by atoms with E-state index in [0.717, 1.165) is 105 Å². The third kappa shape index (κ3) is 5.82. The van der Waals surface area contributed by atoms with Crippen molar-refractivity contribution in [3.05, 3.63) is 207 Å². The summed E-state index contributed by atoms with van der Waals surface area (Å²) in [4.78, 5) is 20.9. The summed E-state index contributed by atoms with van der Waals surface area (Å²) in [5.74, 6) is 1.43. The molecule has 0 fully saturated rings. The van der Waals surface area contributed by atoms with E-state index >= 15 is 0 Å². The summed E-state index contributed by atoms with van der Waals surface area (Å²) >= 11 is 3.65. The van der Waals surface area contributed by atoms with E-state index in [1.54, 1.807) is 6.20 Å². The van der Waals surface area contributed by atoms with E-state index in [0.29, 0.717) is 5.95 Å². The number of nitrogens with zero attached hydrogens (tertiary/aromatic N) is 6. The molecule has 8 aromatic heterocycles. The SMILES string of the molecule is c1cc(-c2ccc3oc4ccncc4c3c2)nc(-n2c3ccccc3c3cc4c5ccccc5n(-c5nc(-c6ccc7sc8ccccc8c7c6)cc(-c6ccc7sc8ccccc8c7c6)n5)c4cc32)c1. The Balaban J connectivity index is 0.940. The highest BCUT2D eigenvalue weighted by Gasteiger charge is 2.22. The van der Waals surface area contributed by atoms with Crippen LogP contribution in [0.15, 0.2) is 211 Å². The second-order valence-corrected chi connectivity index (χ2v) is 20.4. The van der Waals surface area contributed by atoms with Gasteiger partial charge < -0.3 is 4.42 Å². The molecule has 7 nitrogen and oxygen atoms in total. The van der Waals surface area contributed by atoms with Crippen LogP contribution in [0.4, 0.5) is 0 Å². The van der Waals surface area contributed by atoms with Crippen molar-refractivity contribution in [3.8, 4) is 45.5 Å². The summed E-state index contributed by atoms with van der Waals surface area (Å²) in [6.07, 6.45) is 3.63. The summed E-state index contributed by atoms with van der Waals surface area (Å²) in [6.45, 7) is 0. The predicted octanol–water partition coefficient (Wildman–Crippen LogP) is 17.1.